The summed E-state index contributed by atoms with van der Waals surface area (Å²) >= 11 is 12.3. The summed E-state index contributed by atoms with van der Waals surface area (Å²) in [5.41, 5.74) is 0.934. The van der Waals surface area contributed by atoms with Gasteiger partial charge in [0, 0.05) is 32.2 Å². The van der Waals surface area contributed by atoms with Gasteiger partial charge in [-0.2, -0.15) is 0 Å². The Hall–Kier alpha value is -0.350. The molecule has 0 aliphatic carbocycles. The lowest BCUT2D eigenvalue weighted by atomic mass is 10.0. The van der Waals surface area contributed by atoms with Gasteiger partial charge in [0.1, 0.15) is 0 Å². The average molecular weight is 291 g/mol. The maximum atomic E-state index is 12.8. The van der Waals surface area contributed by atoms with Gasteiger partial charge in [0.15, 0.2) is 0 Å². The van der Waals surface area contributed by atoms with Crippen LogP contribution in [0.4, 0.5) is 4.39 Å². The van der Waals surface area contributed by atoms with Crippen LogP contribution in [0.1, 0.15) is 18.0 Å². The molecule has 0 bridgehead atoms. The number of benzene rings is 1. The summed E-state index contributed by atoms with van der Waals surface area (Å²) in [6, 6.07) is 5.59. The quantitative estimate of drug-likeness (QED) is 0.915. The lowest BCUT2D eigenvalue weighted by Crippen LogP contribution is -2.45. The van der Waals surface area contributed by atoms with Crippen molar-refractivity contribution < 1.29 is 4.39 Å². The van der Waals surface area contributed by atoms with Gasteiger partial charge in [0.05, 0.1) is 16.7 Å². The second-order valence-corrected chi connectivity index (χ2v) is 5.21. The van der Waals surface area contributed by atoms with Crippen LogP contribution in [0.25, 0.3) is 0 Å². The summed E-state index contributed by atoms with van der Waals surface area (Å²) in [4.78, 5) is 2.27. The van der Waals surface area contributed by atoms with E-state index >= 15 is 0 Å². The first-order valence-electron chi connectivity index (χ1n) is 6.18. The van der Waals surface area contributed by atoms with E-state index < -0.39 is 0 Å². The van der Waals surface area contributed by atoms with Crippen molar-refractivity contribution in [2.24, 2.45) is 0 Å². The largest absolute Gasteiger partial charge is 0.314 e. The Morgan fingerprint density at radius 2 is 2.00 bits per heavy atom. The highest BCUT2D eigenvalue weighted by Crippen LogP contribution is 2.34. The Morgan fingerprint density at radius 1 is 1.28 bits per heavy atom. The van der Waals surface area contributed by atoms with Gasteiger partial charge >= 0.3 is 0 Å². The Balaban J connectivity index is 2.25. The SMILES string of the molecule is FCC[C@H](c1cccc(Cl)c1Cl)N1CCNCC1. The minimum atomic E-state index is -0.350. The molecule has 1 aliphatic heterocycles. The number of nitrogens with one attached hydrogen (secondary N) is 1. The topological polar surface area (TPSA) is 15.3 Å². The molecule has 5 heteroatoms. The summed E-state index contributed by atoms with van der Waals surface area (Å²) < 4.78 is 12.8. The normalized spacial score (nSPS) is 18.8. The highest BCUT2D eigenvalue weighted by atomic mass is 35.5. The van der Waals surface area contributed by atoms with E-state index in [2.05, 4.69) is 10.2 Å². The van der Waals surface area contributed by atoms with Crippen LogP contribution in [0, 0.1) is 0 Å². The van der Waals surface area contributed by atoms with Crippen molar-refractivity contribution in [2.75, 3.05) is 32.9 Å². The fourth-order valence-corrected chi connectivity index (χ4v) is 2.84. The first kappa shape index (κ1) is 14.1. The van der Waals surface area contributed by atoms with Crippen molar-refractivity contribution in [3.05, 3.63) is 33.8 Å². The fraction of sp³-hybridized carbons (Fsp3) is 0.538. The molecule has 1 aromatic rings. The van der Waals surface area contributed by atoms with Crippen molar-refractivity contribution >= 4 is 23.2 Å². The van der Waals surface area contributed by atoms with Crippen LogP contribution in [0.3, 0.4) is 0 Å². The molecule has 1 saturated heterocycles. The number of alkyl halides is 1. The molecule has 18 heavy (non-hydrogen) atoms. The van der Waals surface area contributed by atoms with Gasteiger partial charge in [-0.15, -0.1) is 0 Å². The first-order chi connectivity index (χ1) is 8.74. The van der Waals surface area contributed by atoms with Crippen molar-refractivity contribution in [2.45, 2.75) is 12.5 Å². The zero-order valence-corrected chi connectivity index (χ0v) is 11.6. The second-order valence-electron chi connectivity index (χ2n) is 4.42. The first-order valence-corrected chi connectivity index (χ1v) is 6.94. The predicted molar refractivity (Wildman–Crippen MR) is 74.2 cm³/mol. The van der Waals surface area contributed by atoms with Crippen LogP contribution < -0.4 is 5.32 Å². The van der Waals surface area contributed by atoms with Gasteiger partial charge < -0.3 is 5.32 Å². The van der Waals surface area contributed by atoms with E-state index in [1.54, 1.807) is 6.07 Å². The molecular formula is C13H17Cl2FN2. The van der Waals surface area contributed by atoms with Gasteiger partial charge in [-0.1, -0.05) is 35.3 Å². The van der Waals surface area contributed by atoms with Crippen molar-refractivity contribution in [1.82, 2.24) is 10.2 Å². The number of nitrogens with zero attached hydrogens (tertiary/aromatic N) is 1. The fourth-order valence-electron chi connectivity index (χ4n) is 2.41. The summed E-state index contributed by atoms with van der Waals surface area (Å²) in [7, 11) is 0. The van der Waals surface area contributed by atoms with E-state index in [-0.39, 0.29) is 12.7 Å². The number of hydrogen-bond donors (Lipinski definition) is 1. The lowest BCUT2D eigenvalue weighted by Gasteiger charge is -2.35. The third kappa shape index (κ3) is 3.15. The van der Waals surface area contributed by atoms with Crippen LogP contribution >= 0.6 is 23.2 Å². The molecular weight excluding hydrogens is 274 g/mol. The Bertz CT molecular complexity index is 395. The monoisotopic (exact) mass is 290 g/mol. The highest BCUT2D eigenvalue weighted by molar-refractivity contribution is 6.42. The molecule has 100 valence electrons. The summed E-state index contributed by atoms with van der Waals surface area (Å²) in [5.74, 6) is 0. The predicted octanol–water partition coefficient (Wildman–Crippen LogP) is 3.30. The Morgan fingerprint density at radius 3 is 2.67 bits per heavy atom. The summed E-state index contributed by atoms with van der Waals surface area (Å²) in [5, 5.41) is 4.38. The maximum absolute atomic E-state index is 12.8. The van der Waals surface area contributed by atoms with E-state index in [1.807, 2.05) is 12.1 Å². The molecule has 0 saturated carbocycles. The molecule has 1 heterocycles. The lowest BCUT2D eigenvalue weighted by molar-refractivity contribution is 0.157. The van der Waals surface area contributed by atoms with Crippen molar-refractivity contribution in [1.29, 1.82) is 0 Å². The van der Waals surface area contributed by atoms with Crippen LogP contribution in [0.5, 0.6) is 0 Å². The van der Waals surface area contributed by atoms with Gasteiger partial charge in [-0.25, -0.2) is 0 Å². The molecule has 0 radical (unpaired) electrons. The third-order valence-electron chi connectivity index (χ3n) is 3.32. The Labute approximate surface area is 117 Å². The second kappa shape index (κ2) is 6.71. The summed E-state index contributed by atoms with van der Waals surface area (Å²) in [6.45, 7) is 3.33. The van der Waals surface area contributed by atoms with Crippen molar-refractivity contribution in [3.8, 4) is 0 Å². The minimum absolute atomic E-state index is 0.0169. The van der Waals surface area contributed by atoms with Gasteiger partial charge in [0.2, 0.25) is 0 Å². The van der Waals surface area contributed by atoms with Crippen LogP contribution in [-0.4, -0.2) is 37.8 Å². The standard InChI is InChI=1S/C13H17Cl2FN2/c14-11-3-1-2-10(13(11)15)12(4-5-16)18-8-6-17-7-9-18/h1-3,12,17H,4-9H2/t12-/m1/s1. The molecule has 1 atom stereocenters. The van der Waals surface area contributed by atoms with Gasteiger partial charge in [-0.05, 0) is 18.1 Å². The number of rotatable bonds is 4. The Kier molecular flexibility index (Phi) is 5.25. The molecule has 1 N–H and O–H groups in total. The molecule has 0 aromatic heterocycles. The van der Waals surface area contributed by atoms with E-state index in [4.69, 9.17) is 23.2 Å². The molecule has 1 aromatic carbocycles. The zero-order chi connectivity index (χ0) is 13.0. The van der Waals surface area contributed by atoms with E-state index in [0.717, 1.165) is 31.7 Å². The smallest absolute Gasteiger partial charge is 0.0912 e. The third-order valence-corrected chi connectivity index (χ3v) is 4.15. The van der Waals surface area contributed by atoms with Crippen LogP contribution in [0.2, 0.25) is 10.0 Å². The summed E-state index contributed by atoms with van der Waals surface area (Å²) in [6.07, 6.45) is 0.458. The van der Waals surface area contributed by atoms with E-state index in [0.29, 0.717) is 16.5 Å². The molecule has 2 nitrogen and oxygen atoms in total. The minimum Gasteiger partial charge on any atom is -0.314 e. The molecule has 0 amide bonds. The maximum Gasteiger partial charge on any atom is 0.0912 e. The van der Waals surface area contributed by atoms with Gasteiger partial charge in [0.25, 0.3) is 0 Å². The van der Waals surface area contributed by atoms with E-state index in [1.165, 1.54) is 0 Å². The van der Waals surface area contributed by atoms with Crippen LogP contribution in [0.15, 0.2) is 18.2 Å². The molecule has 1 fully saturated rings. The number of piperazine rings is 1. The average Bonchev–Trinajstić information content (AvgIpc) is 2.41. The van der Waals surface area contributed by atoms with Gasteiger partial charge in [-0.3, -0.25) is 9.29 Å². The zero-order valence-electron chi connectivity index (χ0n) is 10.1. The highest BCUT2D eigenvalue weighted by Gasteiger charge is 2.24. The molecule has 0 spiro atoms. The molecule has 2 rings (SSSR count). The van der Waals surface area contributed by atoms with E-state index in [9.17, 15) is 4.39 Å². The number of hydrogen-bond acceptors (Lipinski definition) is 2. The number of halogens is 3. The van der Waals surface area contributed by atoms with Crippen molar-refractivity contribution in [3.63, 3.8) is 0 Å². The van der Waals surface area contributed by atoms with Crippen LogP contribution in [-0.2, 0) is 0 Å². The molecule has 0 unspecified atom stereocenters. The molecule has 1 aliphatic rings.